The van der Waals surface area contributed by atoms with Crippen LogP contribution in [0.3, 0.4) is 0 Å². The van der Waals surface area contributed by atoms with Gasteiger partial charge in [-0.05, 0) is 48.0 Å². The number of aromatic nitrogens is 2. The number of hydrogen-bond donors (Lipinski definition) is 1. The van der Waals surface area contributed by atoms with E-state index >= 15 is 0 Å². The fraction of sp³-hybridized carbons (Fsp3) is 0.0455. The van der Waals surface area contributed by atoms with Crippen LogP contribution >= 0.6 is 23.2 Å². The minimum atomic E-state index is 0.485. The summed E-state index contributed by atoms with van der Waals surface area (Å²) in [6.07, 6.45) is 1.70. The molecule has 1 heterocycles. The summed E-state index contributed by atoms with van der Waals surface area (Å²) < 4.78 is 5.24. The van der Waals surface area contributed by atoms with Crippen molar-refractivity contribution in [1.82, 2.24) is 9.97 Å². The average Bonchev–Trinajstić information content (AvgIpc) is 2.74. The van der Waals surface area contributed by atoms with Crippen LogP contribution in [0.1, 0.15) is 5.56 Å². The van der Waals surface area contributed by atoms with E-state index in [1.165, 1.54) is 0 Å². The molecule has 0 bridgehead atoms. The van der Waals surface area contributed by atoms with E-state index in [9.17, 15) is 0 Å². The van der Waals surface area contributed by atoms with E-state index in [2.05, 4.69) is 20.5 Å². The predicted octanol–water partition coefficient (Wildman–Crippen LogP) is 6.06. The number of para-hydroxylation sites is 1. The largest absolute Gasteiger partial charge is 0.497 e. The summed E-state index contributed by atoms with van der Waals surface area (Å²) in [5.74, 6) is 1.83. The first-order valence-corrected chi connectivity index (χ1v) is 9.55. The van der Waals surface area contributed by atoms with E-state index < -0.39 is 0 Å². The highest BCUT2D eigenvalue weighted by Gasteiger charge is 2.12. The van der Waals surface area contributed by atoms with E-state index in [4.69, 9.17) is 27.9 Å². The van der Waals surface area contributed by atoms with Crippen LogP contribution in [0.2, 0.25) is 10.0 Å². The number of methoxy groups -OCH3 is 1. The van der Waals surface area contributed by atoms with Gasteiger partial charge in [-0.15, -0.1) is 0 Å². The highest BCUT2D eigenvalue weighted by molar-refractivity contribution is 6.36. The Hall–Kier alpha value is -3.15. The van der Waals surface area contributed by atoms with Crippen molar-refractivity contribution in [3.8, 4) is 17.1 Å². The smallest absolute Gasteiger partial charge is 0.163 e. The van der Waals surface area contributed by atoms with Crippen molar-refractivity contribution < 1.29 is 4.74 Å². The summed E-state index contributed by atoms with van der Waals surface area (Å²) in [6, 6.07) is 20.5. The topological polar surface area (TPSA) is 59.4 Å². The number of hydrogen-bond acceptors (Lipinski definition) is 5. The predicted molar refractivity (Wildman–Crippen MR) is 119 cm³/mol. The zero-order chi connectivity index (χ0) is 20.2. The normalized spacial score (nSPS) is 11.1. The van der Waals surface area contributed by atoms with Crippen molar-refractivity contribution in [2.45, 2.75) is 0 Å². The number of anilines is 1. The molecule has 0 radical (unpaired) electrons. The number of hydrazone groups is 1. The lowest BCUT2D eigenvalue weighted by molar-refractivity contribution is 0.415. The molecule has 1 aromatic heterocycles. The second-order valence-electron chi connectivity index (χ2n) is 6.18. The SMILES string of the molecule is COc1cccc(/C=N\Nc2nc(-c3ccc(Cl)cc3Cl)nc3ccccc23)c1. The molecule has 4 rings (SSSR count). The second kappa shape index (κ2) is 8.47. The van der Waals surface area contributed by atoms with Gasteiger partial charge in [0.1, 0.15) is 5.75 Å². The minimum absolute atomic E-state index is 0.485. The molecular weight excluding hydrogens is 407 g/mol. The maximum Gasteiger partial charge on any atom is 0.163 e. The quantitative estimate of drug-likeness (QED) is 0.313. The molecule has 1 N–H and O–H groups in total. The molecule has 0 fully saturated rings. The lowest BCUT2D eigenvalue weighted by Gasteiger charge is -2.09. The Bertz CT molecular complexity index is 1210. The molecule has 0 atom stereocenters. The third-order valence-corrected chi connectivity index (χ3v) is 4.80. The Morgan fingerprint density at radius 3 is 2.66 bits per heavy atom. The van der Waals surface area contributed by atoms with Gasteiger partial charge in [-0.2, -0.15) is 5.10 Å². The second-order valence-corrected chi connectivity index (χ2v) is 7.03. The van der Waals surface area contributed by atoms with Crippen molar-refractivity contribution in [3.63, 3.8) is 0 Å². The summed E-state index contributed by atoms with van der Waals surface area (Å²) in [6.45, 7) is 0. The number of nitrogens with one attached hydrogen (secondary N) is 1. The maximum absolute atomic E-state index is 6.35. The molecular formula is C22H16Cl2N4O. The van der Waals surface area contributed by atoms with Crippen LogP contribution in [0.25, 0.3) is 22.3 Å². The minimum Gasteiger partial charge on any atom is -0.497 e. The Morgan fingerprint density at radius 2 is 1.83 bits per heavy atom. The highest BCUT2D eigenvalue weighted by atomic mass is 35.5. The summed E-state index contributed by atoms with van der Waals surface area (Å²) in [4.78, 5) is 9.28. The van der Waals surface area contributed by atoms with Crippen molar-refractivity contribution in [3.05, 3.63) is 82.3 Å². The number of ether oxygens (including phenoxy) is 1. The molecule has 3 aromatic carbocycles. The number of rotatable bonds is 5. The molecule has 0 unspecified atom stereocenters. The molecule has 29 heavy (non-hydrogen) atoms. The Balaban J connectivity index is 1.72. The molecule has 0 aliphatic heterocycles. The molecule has 0 aliphatic carbocycles. The molecule has 0 aliphatic rings. The van der Waals surface area contributed by atoms with Gasteiger partial charge in [0.05, 0.1) is 23.9 Å². The summed E-state index contributed by atoms with van der Waals surface area (Å²) in [7, 11) is 1.63. The van der Waals surface area contributed by atoms with Gasteiger partial charge in [0, 0.05) is 16.0 Å². The summed E-state index contributed by atoms with van der Waals surface area (Å²) in [5.41, 5.74) is 5.40. The van der Waals surface area contributed by atoms with Gasteiger partial charge in [0.25, 0.3) is 0 Å². The van der Waals surface area contributed by atoms with Gasteiger partial charge in [-0.3, -0.25) is 5.43 Å². The summed E-state index contributed by atoms with van der Waals surface area (Å²) in [5, 5.41) is 6.23. The maximum atomic E-state index is 6.35. The highest BCUT2D eigenvalue weighted by Crippen LogP contribution is 2.31. The molecule has 0 spiro atoms. The van der Waals surface area contributed by atoms with Gasteiger partial charge in [0.2, 0.25) is 0 Å². The van der Waals surface area contributed by atoms with Crippen LogP contribution in [-0.4, -0.2) is 23.3 Å². The molecule has 4 aromatic rings. The van der Waals surface area contributed by atoms with Gasteiger partial charge >= 0.3 is 0 Å². The first-order chi connectivity index (χ1) is 14.1. The van der Waals surface area contributed by atoms with Crippen LogP contribution in [0.5, 0.6) is 5.75 Å². The van der Waals surface area contributed by atoms with Crippen LogP contribution < -0.4 is 10.2 Å². The van der Waals surface area contributed by atoms with Crippen molar-refractivity contribution in [1.29, 1.82) is 0 Å². The van der Waals surface area contributed by atoms with E-state index in [0.29, 0.717) is 27.3 Å². The molecule has 7 heteroatoms. The van der Waals surface area contributed by atoms with E-state index in [0.717, 1.165) is 22.2 Å². The Morgan fingerprint density at radius 1 is 0.966 bits per heavy atom. The van der Waals surface area contributed by atoms with Crippen molar-refractivity contribution in [2.75, 3.05) is 12.5 Å². The Kier molecular flexibility index (Phi) is 5.60. The van der Waals surface area contributed by atoms with Crippen LogP contribution in [-0.2, 0) is 0 Å². The lowest BCUT2D eigenvalue weighted by atomic mass is 10.2. The van der Waals surface area contributed by atoms with Crippen LogP contribution in [0.4, 0.5) is 5.82 Å². The summed E-state index contributed by atoms with van der Waals surface area (Å²) >= 11 is 12.4. The van der Waals surface area contributed by atoms with Gasteiger partial charge in [0.15, 0.2) is 11.6 Å². The molecule has 0 amide bonds. The van der Waals surface area contributed by atoms with Crippen molar-refractivity contribution >= 4 is 46.1 Å². The van der Waals surface area contributed by atoms with Gasteiger partial charge in [-0.25, -0.2) is 9.97 Å². The van der Waals surface area contributed by atoms with Gasteiger partial charge < -0.3 is 4.74 Å². The monoisotopic (exact) mass is 422 g/mol. The van der Waals surface area contributed by atoms with Gasteiger partial charge in [-0.1, -0.05) is 47.5 Å². The third kappa shape index (κ3) is 4.31. The average molecular weight is 423 g/mol. The standard InChI is InChI=1S/C22H16Cl2N4O/c1-29-16-6-4-5-14(11-16)13-25-28-22-18-7-2-3-8-20(18)26-21(27-22)17-10-9-15(23)12-19(17)24/h2-13H,1H3,(H,26,27,28)/b25-13-. The fourth-order valence-electron chi connectivity index (χ4n) is 2.84. The fourth-order valence-corrected chi connectivity index (χ4v) is 3.34. The molecule has 0 saturated carbocycles. The van der Waals surface area contributed by atoms with E-state index in [1.807, 2.05) is 48.5 Å². The van der Waals surface area contributed by atoms with Crippen molar-refractivity contribution in [2.24, 2.45) is 5.10 Å². The first-order valence-electron chi connectivity index (χ1n) is 8.79. The lowest BCUT2D eigenvalue weighted by Crippen LogP contribution is -1.99. The van der Waals surface area contributed by atoms with Crippen LogP contribution in [0, 0.1) is 0 Å². The van der Waals surface area contributed by atoms with Crippen LogP contribution in [0.15, 0.2) is 71.8 Å². The van der Waals surface area contributed by atoms with E-state index in [-0.39, 0.29) is 0 Å². The zero-order valence-electron chi connectivity index (χ0n) is 15.4. The zero-order valence-corrected chi connectivity index (χ0v) is 16.9. The molecule has 144 valence electrons. The molecule has 0 saturated heterocycles. The molecule has 5 nitrogen and oxygen atoms in total. The number of fused-ring (bicyclic) bond motifs is 1. The third-order valence-electron chi connectivity index (χ3n) is 4.25. The number of halogens is 2. The Labute approximate surface area is 178 Å². The number of nitrogens with zero attached hydrogens (tertiary/aromatic N) is 3. The first kappa shape index (κ1) is 19.2. The van der Waals surface area contributed by atoms with E-state index in [1.54, 1.807) is 31.5 Å². The number of benzene rings is 3.